The molecule has 1 rings (SSSR count). The van der Waals surface area contributed by atoms with E-state index < -0.39 is 23.0 Å². The van der Waals surface area contributed by atoms with Gasteiger partial charge >= 0.3 is 0 Å². The van der Waals surface area contributed by atoms with Gasteiger partial charge in [-0.1, -0.05) is 0 Å². The fourth-order valence-corrected chi connectivity index (χ4v) is 1.33. The molecule has 0 aliphatic carbocycles. The highest BCUT2D eigenvalue weighted by Crippen LogP contribution is 2.30. The molecular formula is C8H9Cl2F2NO2. The zero-order chi connectivity index (χ0) is 10.9. The summed E-state index contributed by atoms with van der Waals surface area (Å²) in [5.41, 5.74) is -0.987. The van der Waals surface area contributed by atoms with Crippen LogP contribution in [0.25, 0.3) is 0 Å². The highest BCUT2D eigenvalue weighted by molar-refractivity contribution is 6.21. The quantitative estimate of drug-likeness (QED) is 0.827. The molecule has 0 aromatic carbocycles. The number of rotatable bonds is 2. The normalized spacial score (nSPS) is 12.3. The molecule has 0 aliphatic rings. The fourth-order valence-electron chi connectivity index (χ4n) is 1.08. The lowest BCUT2D eigenvalue weighted by Crippen LogP contribution is -2.15. The maximum Gasteiger partial charge on any atom is 0.260 e. The summed E-state index contributed by atoms with van der Waals surface area (Å²) in [4.78, 5) is 11.0. The number of nitrogens with zero attached hydrogens (tertiary/aromatic N) is 1. The van der Waals surface area contributed by atoms with Crippen LogP contribution in [0.3, 0.4) is 0 Å². The van der Waals surface area contributed by atoms with Gasteiger partial charge < -0.3 is 9.67 Å². The molecule has 15 heavy (non-hydrogen) atoms. The molecule has 0 bridgehead atoms. The number of aromatic nitrogens is 1. The molecule has 3 nitrogen and oxygen atoms in total. The molecule has 1 unspecified atom stereocenters. The summed E-state index contributed by atoms with van der Waals surface area (Å²) in [6.45, 7) is 0. The number of aromatic hydroxyl groups is 1. The van der Waals surface area contributed by atoms with Gasteiger partial charge in [0.25, 0.3) is 6.43 Å². The fraction of sp³-hybridized carbons (Fsp3) is 0.375. The van der Waals surface area contributed by atoms with E-state index in [4.69, 9.17) is 11.6 Å². The van der Waals surface area contributed by atoms with E-state index in [0.717, 1.165) is 6.07 Å². The summed E-state index contributed by atoms with van der Waals surface area (Å²) < 4.78 is 25.7. The Labute approximate surface area is 95.7 Å². The minimum absolute atomic E-state index is 0. The van der Waals surface area contributed by atoms with Gasteiger partial charge in [0.1, 0.15) is 5.38 Å². The maximum atomic E-state index is 12.2. The Morgan fingerprint density at radius 3 is 2.53 bits per heavy atom. The lowest BCUT2D eigenvalue weighted by molar-refractivity contribution is 0.139. The van der Waals surface area contributed by atoms with E-state index >= 15 is 0 Å². The van der Waals surface area contributed by atoms with Gasteiger partial charge in [0.15, 0.2) is 5.75 Å². The summed E-state index contributed by atoms with van der Waals surface area (Å²) in [7, 11) is 1.42. The second-order valence-corrected chi connectivity index (χ2v) is 3.23. The predicted molar refractivity (Wildman–Crippen MR) is 55.2 cm³/mol. The molecule has 7 heteroatoms. The monoisotopic (exact) mass is 259 g/mol. The van der Waals surface area contributed by atoms with Crippen LogP contribution in [-0.2, 0) is 7.05 Å². The number of pyridine rings is 1. The largest absolute Gasteiger partial charge is 0.503 e. The Bertz CT molecular complexity index is 395. The van der Waals surface area contributed by atoms with Crippen LogP contribution in [0.4, 0.5) is 8.78 Å². The number of alkyl halides is 3. The Balaban J connectivity index is 0.00000196. The Kier molecular flexibility index (Phi) is 5.03. The number of aryl methyl sites for hydroxylation is 1. The van der Waals surface area contributed by atoms with Gasteiger partial charge in [0.05, 0.1) is 5.69 Å². The molecule has 0 fully saturated rings. The highest BCUT2D eigenvalue weighted by atomic mass is 35.5. The van der Waals surface area contributed by atoms with E-state index in [1.165, 1.54) is 17.8 Å². The van der Waals surface area contributed by atoms with E-state index in [-0.39, 0.29) is 18.1 Å². The van der Waals surface area contributed by atoms with Gasteiger partial charge in [-0.2, -0.15) is 0 Å². The first-order chi connectivity index (χ1) is 6.45. The second-order valence-electron chi connectivity index (χ2n) is 2.76. The van der Waals surface area contributed by atoms with Crippen LogP contribution in [0.1, 0.15) is 11.1 Å². The van der Waals surface area contributed by atoms with Gasteiger partial charge in [0, 0.05) is 19.3 Å². The minimum Gasteiger partial charge on any atom is -0.503 e. The van der Waals surface area contributed by atoms with Crippen molar-refractivity contribution in [1.29, 1.82) is 0 Å². The molecule has 0 spiro atoms. The van der Waals surface area contributed by atoms with Crippen molar-refractivity contribution in [3.05, 3.63) is 28.2 Å². The Morgan fingerprint density at radius 1 is 1.53 bits per heavy atom. The topological polar surface area (TPSA) is 42.2 Å². The van der Waals surface area contributed by atoms with Gasteiger partial charge in [-0.3, -0.25) is 4.79 Å². The molecule has 0 aliphatic heterocycles. The Morgan fingerprint density at radius 2 is 2.07 bits per heavy atom. The van der Waals surface area contributed by atoms with Gasteiger partial charge in [-0.25, -0.2) is 8.78 Å². The van der Waals surface area contributed by atoms with Crippen molar-refractivity contribution in [3.8, 4) is 5.75 Å². The van der Waals surface area contributed by atoms with Crippen LogP contribution in [0.15, 0.2) is 17.1 Å². The third-order valence-corrected chi connectivity index (χ3v) is 2.19. The van der Waals surface area contributed by atoms with Crippen molar-refractivity contribution in [1.82, 2.24) is 4.57 Å². The molecule has 1 aromatic rings. The van der Waals surface area contributed by atoms with E-state index in [9.17, 15) is 18.7 Å². The minimum atomic E-state index is -2.84. The SMILES string of the molecule is Cl.Cn1ccc(=O)c(O)c1C(Cl)C(F)F. The summed E-state index contributed by atoms with van der Waals surface area (Å²) in [5, 5.41) is 7.56. The van der Waals surface area contributed by atoms with E-state index in [1.807, 2.05) is 0 Å². The molecule has 1 heterocycles. The average molecular weight is 260 g/mol. The first-order valence-electron chi connectivity index (χ1n) is 3.76. The maximum absolute atomic E-state index is 12.2. The van der Waals surface area contributed by atoms with E-state index in [0.29, 0.717) is 0 Å². The zero-order valence-electron chi connectivity index (χ0n) is 7.65. The predicted octanol–water partition coefficient (Wildman–Crippen LogP) is 2.06. The molecule has 1 aromatic heterocycles. The lowest BCUT2D eigenvalue weighted by Gasteiger charge is -2.14. The van der Waals surface area contributed by atoms with Crippen molar-refractivity contribution >= 4 is 24.0 Å². The zero-order valence-corrected chi connectivity index (χ0v) is 9.23. The standard InChI is InChI=1S/C8H8ClF2NO2.ClH/c1-12-3-2-4(13)7(14)6(12)5(9)8(10)11;/h2-3,5,8,14H,1H3;1H. The second kappa shape index (κ2) is 5.32. The van der Waals surface area contributed by atoms with Gasteiger partial charge in [-0.15, -0.1) is 24.0 Å². The first-order valence-corrected chi connectivity index (χ1v) is 4.19. The van der Waals surface area contributed by atoms with Crippen molar-refractivity contribution in [3.63, 3.8) is 0 Å². The van der Waals surface area contributed by atoms with Crippen LogP contribution >= 0.6 is 24.0 Å². The molecule has 0 radical (unpaired) electrons. The molecule has 1 N–H and O–H groups in total. The van der Waals surface area contributed by atoms with Crippen LogP contribution in [0.5, 0.6) is 5.75 Å². The van der Waals surface area contributed by atoms with E-state index in [1.54, 1.807) is 0 Å². The first kappa shape index (κ1) is 14.2. The molecule has 86 valence electrons. The summed E-state index contributed by atoms with van der Waals surface area (Å²) in [6, 6.07) is 1.08. The van der Waals surface area contributed by atoms with Crippen LogP contribution in [0.2, 0.25) is 0 Å². The van der Waals surface area contributed by atoms with Crippen molar-refractivity contribution in [2.24, 2.45) is 7.05 Å². The van der Waals surface area contributed by atoms with Crippen LogP contribution in [-0.4, -0.2) is 16.1 Å². The van der Waals surface area contributed by atoms with Crippen LogP contribution in [0, 0.1) is 0 Å². The summed E-state index contributed by atoms with van der Waals surface area (Å²) in [6.07, 6.45) is -1.56. The highest BCUT2D eigenvalue weighted by Gasteiger charge is 2.25. The summed E-state index contributed by atoms with van der Waals surface area (Å²) >= 11 is 5.35. The van der Waals surface area contributed by atoms with Crippen molar-refractivity contribution in [2.45, 2.75) is 11.8 Å². The van der Waals surface area contributed by atoms with Crippen molar-refractivity contribution < 1.29 is 13.9 Å². The molecule has 0 saturated heterocycles. The van der Waals surface area contributed by atoms with E-state index in [2.05, 4.69) is 0 Å². The number of hydrogen-bond donors (Lipinski definition) is 1. The van der Waals surface area contributed by atoms with Crippen molar-refractivity contribution in [2.75, 3.05) is 0 Å². The average Bonchev–Trinajstić information content (AvgIpc) is 2.12. The molecule has 0 saturated carbocycles. The number of hydrogen-bond acceptors (Lipinski definition) is 2. The molecular weight excluding hydrogens is 251 g/mol. The number of halogens is 4. The third kappa shape index (κ3) is 2.82. The van der Waals surface area contributed by atoms with Gasteiger partial charge in [0.2, 0.25) is 5.43 Å². The third-order valence-electron chi connectivity index (χ3n) is 1.79. The summed E-state index contributed by atoms with van der Waals surface area (Å²) in [5.74, 6) is -0.727. The Hall–Kier alpha value is -0.810. The molecule has 1 atom stereocenters. The van der Waals surface area contributed by atoms with Gasteiger partial charge in [-0.05, 0) is 0 Å². The molecule has 0 amide bonds. The smallest absolute Gasteiger partial charge is 0.260 e. The lowest BCUT2D eigenvalue weighted by atomic mass is 10.2. The van der Waals surface area contributed by atoms with Crippen LogP contribution < -0.4 is 5.43 Å².